The maximum absolute atomic E-state index is 12.4. The number of carbonyl (C=O) groups excluding carboxylic acids is 2. The van der Waals surface area contributed by atoms with Gasteiger partial charge in [-0.15, -0.1) is 0 Å². The van der Waals surface area contributed by atoms with Gasteiger partial charge in [0.15, 0.2) is 6.10 Å². The van der Waals surface area contributed by atoms with Crippen molar-refractivity contribution in [2.45, 2.75) is 341 Å². The third-order valence-corrected chi connectivity index (χ3v) is 16.6. The van der Waals surface area contributed by atoms with Crippen LogP contribution in [0.3, 0.4) is 0 Å². The molecule has 0 aliphatic carbocycles. The first-order valence-corrected chi connectivity index (χ1v) is 39.6. The van der Waals surface area contributed by atoms with E-state index in [0.29, 0.717) is 12.8 Å². The lowest BCUT2D eigenvalue weighted by atomic mass is 10.0. The van der Waals surface area contributed by atoms with Gasteiger partial charge in [0.2, 0.25) is 0 Å². The van der Waals surface area contributed by atoms with Crippen molar-refractivity contribution in [2.24, 2.45) is 0 Å². The Labute approximate surface area is 593 Å². The Bertz CT molecular complexity index is 2190. The molecule has 1 N–H and O–H groups in total. The van der Waals surface area contributed by atoms with Gasteiger partial charge >= 0.3 is 11.9 Å². The Morgan fingerprint density at radius 3 is 0.625 bits per heavy atom. The van der Waals surface area contributed by atoms with Gasteiger partial charge in [-0.1, -0.05) is 381 Å². The third kappa shape index (κ3) is 80.9. The molecule has 5 nitrogen and oxygen atoms in total. The van der Waals surface area contributed by atoms with Crippen LogP contribution in [0, 0.1) is 0 Å². The number of carbonyl (C=O) groups is 2. The molecule has 5 heteroatoms. The van der Waals surface area contributed by atoms with E-state index in [4.69, 9.17) is 9.47 Å². The van der Waals surface area contributed by atoms with E-state index >= 15 is 0 Å². The van der Waals surface area contributed by atoms with Crippen LogP contribution < -0.4 is 0 Å². The minimum Gasteiger partial charge on any atom is -0.462 e. The molecule has 0 aromatic carbocycles. The minimum atomic E-state index is -0.788. The highest BCUT2D eigenvalue weighted by Crippen LogP contribution is 2.17. The number of hydrogen-bond acceptors (Lipinski definition) is 5. The van der Waals surface area contributed by atoms with Crippen molar-refractivity contribution in [1.82, 2.24) is 0 Å². The molecule has 96 heavy (non-hydrogen) atoms. The zero-order valence-corrected chi connectivity index (χ0v) is 62.1. The highest BCUT2D eigenvalue weighted by molar-refractivity contribution is 5.70. The summed E-state index contributed by atoms with van der Waals surface area (Å²) in [7, 11) is 0. The lowest BCUT2D eigenvalue weighted by molar-refractivity contribution is -0.161. The molecule has 0 heterocycles. The van der Waals surface area contributed by atoms with Crippen LogP contribution in [0.25, 0.3) is 0 Å². The van der Waals surface area contributed by atoms with Crippen molar-refractivity contribution in [3.8, 4) is 0 Å². The van der Waals surface area contributed by atoms with Gasteiger partial charge < -0.3 is 14.6 Å². The lowest BCUT2D eigenvalue weighted by Gasteiger charge is -2.15. The van der Waals surface area contributed by atoms with Crippen LogP contribution in [0.1, 0.15) is 335 Å². The van der Waals surface area contributed by atoms with Gasteiger partial charge in [0.25, 0.3) is 0 Å². The fourth-order valence-electron chi connectivity index (χ4n) is 10.7. The van der Waals surface area contributed by atoms with E-state index in [1.165, 1.54) is 161 Å². The summed E-state index contributed by atoms with van der Waals surface area (Å²) >= 11 is 0. The van der Waals surface area contributed by atoms with Gasteiger partial charge in [0, 0.05) is 12.8 Å². The fraction of sp³-hybridized carbons (Fsp3) is 0.604. The van der Waals surface area contributed by atoms with Crippen molar-refractivity contribution < 1.29 is 24.2 Å². The predicted octanol–water partition coefficient (Wildman–Crippen LogP) is 28.4. The maximum atomic E-state index is 12.4. The number of ether oxygens (including phenoxy) is 2. The normalized spacial score (nSPS) is 13.4. The summed E-state index contributed by atoms with van der Waals surface area (Å²) in [5.41, 5.74) is 0. The molecular weight excluding hydrogens is 1170 g/mol. The molecule has 1 atom stereocenters. The summed E-state index contributed by atoms with van der Waals surface area (Å²) in [6, 6.07) is 0. The molecule has 0 aliphatic rings. The van der Waals surface area contributed by atoms with Crippen LogP contribution in [0.15, 0.2) is 207 Å². The molecule has 0 aromatic heterocycles. The van der Waals surface area contributed by atoms with Crippen LogP contribution in [-0.2, 0) is 19.1 Å². The zero-order valence-electron chi connectivity index (χ0n) is 62.1. The standard InChI is InChI=1S/C91H146O5/c1-3-5-7-9-11-13-15-17-19-21-23-25-27-29-31-33-35-37-39-41-43-45-47-49-51-53-55-57-59-61-63-65-67-69-71-73-75-77-79-81-83-85-90(93)95-88-89(87-92)96-91(94)86-84-82-80-78-76-74-72-70-68-66-64-62-60-58-56-54-52-50-48-46-44-42-40-38-36-34-32-30-28-26-24-22-20-18-16-14-12-10-8-6-4-2/h5-8,11-14,17-20,23-26,29-32,35-38,41-44,48,50,54,56,60,62,89,92H,3-4,9-10,15-16,21-22,27-28,33-34,39-40,45-47,49,51-53,55,57-59,61,63-88H2,1-2H3/b7-5-,8-6-,13-11-,14-12-,19-17-,20-18-,25-23-,26-24-,31-29-,32-30-,37-35-,38-36-,43-41-,44-42-,50-48-,56-54-,62-60-. The van der Waals surface area contributed by atoms with Gasteiger partial charge in [-0.25, -0.2) is 0 Å². The number of rotatable bonds is 71. The van der Waals surface area contributed by atoms with Crippen molar-refractivity contribution in [1.29, 1.82) is 0 Å². The second-order valence-corrected chi connectivity index (χ2v) is 25.7. The van der Waals surface area contributed by atoms with Crippen LogP contribution in [0.4, 0.5) is 0 Å². The second-order valence-electron chi connectivity index (χ2n) is 25.7. The number of aliphatic hydroxyl groups excluding tert-OH is 1. The number of aliphatic hydroxyl groups is 1. The minimum absolute atomic E-state index is 0.0750. The number of esters is 2. The van der Waals surface area contributed by atoms with E-state index in [0.717, 1.165) is 148 Å². The van der Waals surface area contributed by atoms with Crippen molar-refractivity contribution in [3.63, 3.8) is 0 Å². The van der Waals surface area contributed by atoms with Crippen LogP contribution >= 0.6 is 0 Å². The highest BCUT2D eigenvalue weighted by atomic mass is 16.6. The fourth-order valence-corrected chi connectivity index (χ4v) is 10.7. The third-order valence-electron chi connectivity index (χ3n) is 16.6. The Hall–Kier alpha value is -5.52. The van der Waals surface area contributed by atoms with Gasteiger partial charge in [0.1, 0.15) is 6.61 Å². The topological polar surface area (TPSA) is 72.8 Å². The van der Waals surface area contributed by atoms with Crippen LogP contribution in [-0.4, -0.2) is 36.4 Å². The summed E-state index contributed by atoms with van der Waals surface area (Å²) < 4.78 is 10.8. The molecule has 0 radical (unpaired) electrons. The number of unbranched alkanes of at least 4 members (excludes halogenated alkanes) is 29. The number of hydrogen-bond donors (Lipinski definition) is 1. The van der Waals surface area contributed by atoms with Crippen LogP contribution in [0.5, 0.6) is 0 Å². The summed E-state index contributed by atoms with van der Waals surface area (Å²) in [4.78, 5) is 24.7. The van der Waals surface area contributed by atoms with E-state index in [1.54, 1.807) is 0 Å². The second kappa shape index (κ2) is 83.7. The van der Waals surface area contributed by atoms with Crippen molar-refractivity contribution in [2.75, 3.05) is 13.2 Å². The summed E-state index contributed by atoms with van der Waals surface area (Å²) in [6.45, 7) is 3.92. The quantitative estimate of drug-likeness (QED) is 0.0373. The molecule has 540 valence electrons. The Morgan fingerprint density at radius 1 is 0.240 bits per heavy atom. The van der Waals surface area contributed by atoms with Gasteiger partial charge in [-0.2, -0.15) is 0 Å². The first-order chi connectivity index (χ1) is 47.6. The van der Waals surface area contributed by atoms with E-state index < -0.39 is 6.10 Å². The molecule has 0 bridgehead atoms. The molecule has 0 saturated carbocycles. The smallest absolute Gasteiger partial charge is 0.306 e. The highest BCUT2D eigenvalue weighted by Gasteiger charge is 2.16. The molecular formula is C91H146O5. The van der Waals surface area contributed by atoms with E-state index in [-0.39, 0.29) is 25.2 Å². The molecule has 0 fully saturated rings. The van der Waals surface area contributed by atoms with E-state index in [9.17, 15) is 14.7 Å². The van der Waals surface area contributed by atoms with Crippen molar-refractivity contribution >= 4 is 11.9 Å². The van der Waals surface area contributed by atoms with Crippen LogP contribution in [0.2, 0.25) is 0 Å². The first kappa shape index (κ1) is 90.5. The first-order valence-electron chi connectivity index (χ1n) is 39.6. The molecule has 0 amide bonds. The summed E-state index contributed by atoms with van der Waals surface area (Å²) in [6.07, 6.45) is 133. The van der Waals surface area contributed by atoms with Gasteiger partial charge in [-0.05, 0) is 148 Å². The molecule has 0 spiro atoms. The Morgan fingerprint density at radius 2 is 0.417 bits per heavy atom. The van der Waals surface area contributed by atoms with Gasteiger partial charge in [-0.3, -0.25) is 9.59 Å². The monoisotopic (exact) mass is 1320 g/mol. The predicted molar refractivity (Wildman–Crippen MR) is 426 cm³/mol. The Balaban J connectivity index is 3.53. The molecule has 1 unspecified atom stereocenters. The van der Waals surface area contributed by atoms with E-state index in [2.05, 4.69) is 220 Å². The average Bonchev–Trinajstić information content (AvgIpc) is 3.79. The maximum Gasteiger partial charge on any atom is 0.306 e. The molecule has 0 rings (SSSR count). The molecule has 0 aliphatic heterocycles. The summed E-state index contributed by atoms with van der Waals surface area (Å²) in [5, 5.41) is 9.73. The van der Waals surface area contributed by atoms with Gasteiger partial charge in [0.05, 0.1) is 6.61 Å². The zero-order chi connectivity index (χ0) is 69.0. The molecule has 0 aromatic rings. The van der Waals surface area contributed by atoms with Crippen molar-refractivity contribution in [3.05, 3.63) is 207 Å². The largest absolute Gasteiger partial charge is 0.462 e. The summed E-state index contributed by atoms with van der Waals surface area (Å²) in [5.74, 6) is -0.595. The van der Waals surface area contributed by atoms with E-state index in [1.807, 2.05) is 0 Å². The number of allylic oxidation sites excluding steroid dienone is 34. The Kier molecular flexibility index (Phi) is 78.9. The SMILES string of the molecule is CC/C=C\C/C=C\C/C=C\C/C=C\C/C=C\C/C=C\C/C=C\C/C=C\C/C=C\C/C=C\CCCCCCCCCCCCC(=O)OC(CO)COC(=O)CCCCCCCCCCCCCCCCCCCCC/C=C\C/C=C\C/C=C\C/C=C\C/C=C\C/C=C\C/C=C\CC. The average molecular weight is 1320 g/mol. The lowest BCUT2D eigenvalue weighted by Crippen LogP contribution is -2.28. The molecule has 0 saturated heterocycles.